The second-order valence-corrected chi connectivity index (χ2v) is 6.43. The van der Waals surface area contributed by atoms with Gasteiger partial charge in [0.1, 0.15) is 18.0 Å². The van der Waals surface area contributed by atoms with Crippen LogP contribution in [0, 0.1) is 11.3 Å². The first-order chi connectivity index (χ1) is 8.77. The maximum Gasteiger partial charge on any atom is 0.148 e. The van der Waals surface area contributed by atoms with Crippen molar-refractivity contribution in [3.05, 3.63) is 11.9 Å². The van der Waals surface area contributed by atoms with Gasteiger partial charge in [-0.25, -0.2) is 15.8 Å². The van der Waals surface area contributed by atoms with Crippen LogP contribution in [0.1, 0.15) is 53.0 Å². The summed E-state index contributed by atoms with van der Waals surface area (Å²) in [6.45, 7) is 14.1. The molecule has 5 heteroatoms. The Morgan fingerprint density at radius 3 is 2.21 bits per heavy atom. The minimum atomic E-state index is 0.271. The SMILES string of the molecule is CC(C)c1c(NN)ncnc1NCC(C)C(C)(C)C. The largest absolute Gasteiger partial charge is 0.369 e. The summed E-state index contributed by atoms with van der Waals surface area (Å²) in [5.41, 5.74) is 3.95. The summed E-state index contributed by atoms with van der Waals surface area (Å²) in [6, 6.07) is 0. The average molecular weight is 265 g/mol. The first-order valence-corrected chi connectivity index (χ1v) is 6.82. The van der Waals surface area contributed by atoms with E-state index in [-0.39, 0.29) is 5.41 Å². The molecular weight excluding hydrogens is 238 g/mol. The van der Waals surface area contributed by atoms with Gasteiger partial charge in [-0.1, -0.05) is 41.5 Å². The number of nitrogens with zero attached hydrogens (tertiary/aromatic N) is 2. The van der Waals surface area contributed by atoms with E-state index < -0.39 is 0 Å². The Morgan fingerprint density at radius 1 is 1.16 bits per heavy atom. The maximum atomic E-state index is 5.51. The molecule has 0 fully saturated rings. The summed E-state index contributed by atoms with van der Waals surface area (Å²) in [4.78, 5) is 8.51. The lowest BCUT2D eigenvalue weighted by Crippen LogP contribution is -2.26. The van der Waals surface area contributed by atoms with Gasteiger partial charge in [0.2, 0.25) is 0 Å². The van der Waals surface area contributed by atoms with Gasteiger partial charge in [0.15, 0.2) is 0 Å². The van der Waals surface area contributed by atoms with E-state index in [9.17, 15) is 0 Å². The molecule has 0 aromatic carbocycles. The second-order valence-electron chi connectivity index (χ2n) is 6.43. The van der Waals surface area contributed by atoms with Crippen molar-refractivity contribution >= 4 is 11.6 Å². The number of anilines is 2. The zero-order valence-electron chi connectivity index (χ0n) is 12.9. The van der Waals surface area contributed by atoms with E-state index in [2.05, 4.69) is 62.3 Å². The summed E-state index contributed by atoms with van der Waals surface area (Å²) in [5.74, 6) is 7.92. The summed E-state index contributed by atoms with van der Waals surface area (Å²) in [6.07, 6.45) is 1.53. The number of rotatable bonds is 5. The Kier molecular flexibility index (Phi) is 5.11. The third-order valence-corrected chi connectivity index (χ3v) is 3.65. The van der Waals surface area contributed by atoms with Gasteiger partial charge in [0.05, 0.1) is 0 Å². The molecule has 0 amide bonds. The zero-order valence-corrected chi connectivity index (χ0v) is 12.9. The van der Waals surface area contributed by atoms with E-state index in [0.717, 1.165) is 17.9 Å². The van der Waals surface area contributed by atoms with Crippen molar-refractivity contribution in [1.29, 1.82) is 0 Å². The van der Waals surface area contributed by atoms with E-state index in [1.54, 1.807) is 0 Å². The number of hydrogen-bond acceptors (Lipinski definition) is 5. The summed E-state index contributed by atoms with van der Waals surface area (Å²) >= 11 is 0. The molecule has 0 spiro atoms. The third-order valence-electron chi connectivity index (χ3n) is 3.65. The smallest absolute Gasteiger partial charge is 0.148 e. The first kappa shape index (κ1) is 15.7. The highest BCUT2D eigenvalue weighted by atomic mass is 15.3. The molecule has 0 aliphatic rings. The van der Waals surface area contributed by atoms with Gasteiger partial charge >= 0.3 is 0 Å². The monoisotopic (exact) mass is 265 g/mol. The zero-order chi connectivity index (χ0) is 14.6. The molecule has 1 atom stereocenters. The number of aromatic nitrogens is 2. The highest BCUT2D eigenvalue weighted by Gasteiger charge is 2.21. The second kappa shape index (κ2) is 6.19. The fourth-order valence-corrected chi connectivity index (χ4v) is 1.75. The lowest BCUT2D eigenvalue weighted by atomic mass is 9.82. The molecule has 108 valence electrons. The van der Waals surface area contributed by atoms with Crippen molar-refractivity contribution in [3.63, 3.8) is 0 Å². The van der Waals surface area contributed by atoms with E-state index in [4.69, 9.17) is 5.84 Å². The summed E-state index contributed by atoms with van der Waals surface area (Å²) in [5, 5.41) is 3.43. The molecule has 1 heterocycles. The van der Waals surface area contributed by atoms with Crippen molar-refractivity contribution in [2.45, 2.75) is 47.5 Å². The van der Waals surface area contributed by atoms with Gasteiger partial charge < -0.3 is 10.7 Å². The molecule has 1 aromatic rings. The molecule has 0 saturated carbocycles. The number of hydrogen-bond donors (Lipinski definition) is 3. The van der Waals surface area contributed by atoms with Crippen LogP contribution in [0.3, 0.4) is 0 Å². The van der Waals surface area contributed by atoms with Crippen molar-refractivity contribution in [3.8, 4) is 0 Å². The van der Waals surface area contributed by atoms with Gasteiger partial charge in [-0.15, -0.1) is 0 Å². The number of hydrazine groups is 1. The van der Waals surface area contributed by atoms with Gasteiger partial charge in [0.25, 0.3) is 0 Å². The molecule has 0 saturated heterocycles. The molecule has 19 heavy (non-hydrogen) atoms. The molecule has 1 rings (SSSR count). The van der Waals surface area contributed by atoms with Crippen LogP contribution < -0.4 is 16.6 Å². The van der Waals surface area contributed by atoms with Crippen LogP contribution in [-0.2, 0) is 0 Å². The minimum absolute atomic E-state index is 0.271. The number of nitrogens with one attached hydrogen (secondary N) is 2. The van der Waals surface area contributed by atoms with E-state index >= 15 is 0 Å². The molecule has 4 N–H and O–H groups in total. The minimum Gasteiger partial charge on any atom is -0.369 e. The highest BCUT2D eigenvalue weighted by Crippen LogP contribution is 2.29. The van der Waals surface area contributed by atoms with Crippen LogP contribution in [0.2, 0.25) is 0 Å². The van der Waals surface area contributed by atoms with Crippen LogP contribution in [0.5, 0.6) is 0 Å². The summed E-state index contributed by atoms with van der Waals surface area (Å²) in [7, 11) is 0. The predicted molar refractivity (Wildman–Crippen MR) is 81.0 cm³/mol. The van der Waals surface area contributed by atoms with Crippen LogP contribution in [-0.4, -0.2) is 16.5 Å². The molecule has 0 aliphatic heterocycles. The maximum absolute atomic E-state index is 5.51. The van der Waals surface area contributed by atoms with Crippen molar-refractivity contribution in [2.24, 2.45) is 17.2 Å². The van der Waals surface area contributed by atoms with Gasteiger partial charge in [-0.05, 0) is 17.3 Å². The molecule has 5 nitrogen and oxygen atoms in total. The first-order valence-electron chi connectivity index (χ1n) is 6.82. The number of nitrogen functional groups attached to an aromatic ring is 1. The van der Waals surface area contributed by atoms with Crippen LogP contribution in [0.4, 0.5) is 11.6 Å². The molecular formula is C14H27N5. The average Bonchev–Trinajstić information content (AvgIpc) is 2.33. The Bertz CT molecular complexity index is 409. The fraction of sp³-hybridized carbons (Fsp3) is 0.714. The fourth-order valence-electron chi connectivity index (χ4n) is 1.75. The predicted octanol–water partition coefficient (Wildman–Crippen LogP) is 2.98. The molecule has 0 radical (unpaired) electrons. The lowest BCUT2D eigenvalue weighted by Gasteiger charge is -2.28. The quantitative estimate of drug-likeness (QED) is 0.563. The van der Waals surface area contributed by atoms with Crippen molar-refractivity contribution in [2.75, 3.05) is 17.3 Å². The molecule has 0 bridgehead atoms. The van der Waals surface area contributed by atoms with E-state index in [1.165, 1.54) is 6.33 Å². The summed E-state index contributed by atoms with van der Waals surface area (Å²) < 4.78 is 0. The number of nitrogens with two attached hydrogens (primary N) is 1. The van der Waals surface area contributed by atoms with Crippen molar-refractivity contribution in [1.82, 2.24) is 9.97 Å². The van der Waals surface area contributed by atoms with Gasteiger partial charge in [-0.3, -0.25) is 0 Å². The normalized spacial score (nSPS) is 13.5. The Labute approximate surface area is 116 Å². The van der Waals surface area contributed by atoms with Gasteiger partial charge in [0, 0.05) is 12.1 Å². The van der Waals surface area contributed by atoms with Crippen LogP contribution >= 0.6 is 0 Å². The molecule has 1 unspecified atom stereocenters. The van der Waals surface area contributed by atoms with Crippen LogP contribution in [0.15, 0.2) is 6.33 Å². The highest BCUT2D eigenvalue weighted by molar-refractivity contribution is 5.58. The standard InChI is InChI=1S/C14H27N5/c1-9(2)11-12(17-8-18-13(11)19-15)16-7-10(3)14(4,5)6/h8-10H,7,15H2,1-6H3,(H2,16,17,18,19). The van der Waals surface area contributed by atoms with E-state index in [0.29, 0.717) is 17.7 Å². The van der Waals surface area contributed by atoms with Crippen molar-refractivity contribution < 1.29 is 0 Å². The Hall–Kier alpha value is -1.36. The topological polar surface area (TPSA) is 75.9 Å². The lowest BCUT2D eigenvalue weighted by molar-refractivity contribution is 0.274. The van der Waals surface area contributed by atoms with Crippen LogP contribution in [0.25, 0.3) is 0 Å². The Balaban J connectivity index is 2.90. The molecule has 1 aromatic heterocycles. The Morgan fingerprint density at radius 2 is 1.74 bits per heavy atom. The van der Waals surface area contributed by atoms with Gasteiger partial charge in [-0.2, -0.15) is 0 Å². The third kappa shape index (κ3) is 4.06. The van der Waals surface area contributed by atoms with E-state index in [1.807, 2.05) is 0 Å². The molecule has 0 aliphatic carbocycles.